The van der Waals surface area contributed by atoms with E-state index in [4.69, 9.17) is 4.42 Å². The lowest BCUT2D eigenvalue weighted by atomic mass is 10.1. The number of nitrogens with zero attached hydrogens (tertiary/aromatic N) is 4. The van der Waals surface area contributed by atoms with Gasteiger partial charge in [0.05, 0.1) is 11.7 Å². The van der Waals surface area contributed by atoms with Crippen LogP contribution in [0.2, 0.25) is 0 Å². The van der Waals surface area contributed by atoms with E-state index >= 15 is 0 Å². The Bertz CT molecular complexity index is 809. The van der Waals surface area contributed by atoms with E-state index in [0.29, 0.717) is 17.0 Å². The Morgan fingerprint density at radius 2 is 2.05 bits per heavy atom. The third-order valence-corrected chi connectivity index (χ3v) is 3.01. The second kappa shape index (κ2) is 4.73. The molecule has 0 aliphatic carbocycles. The van der Waals surface area contributed by atoms with E-state index in [1.165, 1.54) is 0 Å². The van der Waals surface area contributed by atoms with Gasteiger partial charge in [0.2, 0.25) is 5.89 Å². The summed E-state index contributed by atoms with van der Waals surface area (Å²) < 4.78 is 7.33. The van der Waals surface area contributed by atoms with Gasteiger partial charge in [-0.25, -0.2) is 9.67 Å². The Morgan fingerprint density at radius 1 is 1.24 bits per heavy atom. The molecule has 2 aromatic heterocycles. The summed E-state index contributed by atoms with van der Waals surface area (Å²) in [6.07, 6.45) is 5.34. The minimum atomic E-state index is -0.109. The van der Waals surface area contributed by atoms with Crippen LogP contribution in [0.5, 0.6) is 5.75 Å². The molecule has 3 aromatic rings. The average molecular weight is 284 g/mol. The number of aromatic nitrogens is 4. The van der Waals surface area contributed by atoms with Gasteiger partial charge in [0.1, 0.15) is 11.4 Å². The first-order chi connectivity index (χ1) is 9.93. The zero-order valence-electron chi connectivity index (χ0n) is 12.1. The van der Waals surface area contributed by atoms with Gasteiger partial charge in [-0.05, 0) is 39.0 Å². The highest BCUT2D eigenvalue weighted by Crippen LogP contribution is 2.25. The van der Waals surface area contributed by atoms with Crippen LogP contribution in [0.4, 0.5) is 0 Å². The zero-order valence-corrected chi connectivity index (χ0v) is 12.1. The number of hydrogen-bond donors (Lipinski definition) is 1. The van der Waals surface area contributed by atoms with E-state index in [9.17, 15) is 5.11 Å². The summed E-state index contributed by atoms with van der Waals surface area (Å²) in [5.74, 6) is 0.520. The highest BCUT2D eigenvalue weighted by atomic mass is 16.3. The number of rotatable bonds is 2. The molecule has 0 spiro atoms. The van der Waals surface area contributed by atoms with Crippen LogP contribution in [0.15, 0.2) is 28.8 Å². The van der Waals surface area contributed by atoms with Crippen LogP contribution < -0.4 is 0 Å². The van der Waals surface area contributed by atoms with Crippen molar-refractivity contribution in [3.05, 3.63) is 36.0 Å². The number of fused-ring (bicyclic) bond motifs is 1. The van der Waals surface area contributed by atoms with Crippen molar-refractivity contribution in [3.63, 3.8) is 0 Å². The van der Waals surface area contributed by atoms with Crippen molar-refractivity contribution >= 4 is 23.3 Å². The summed E-state index contributed by atoms with van der Waals surface area (Å²) in [7, 11) is 0. The number of phenolic OH excluding ortho intramolecular Hbond substituents is 1. The molecular formula is C15H16N4O2. The molecule has 0 fully saturated rings. The van der Waals surface area contributed by atoms with Crippen molar-refractivity contribution in [1.82, 2.24) is 20.0 Å². The Kier molecular flexibility index (Phi) is 3.01. The van der Waals surface area contributed by atoms with Gasteiger partial charge in [-0.1, -0.05) is 11.3 Å². The Balaban J connectivity index is 1.88. The maximum absolute atomic E-state index is 9.69. The highest BCUT2D eigenvalue weighted by molar-refractivity contribution is 5.81. The zero-order chi connectivity index (χ0) is 15.0. The number of oxazole rings is 1. The molecular weight excluding hydrogens is 268 g/mol. The molecule has 108 valence electrons. The highest BCUT2D eigenvalue weighted by Gasteiger charge is 2.14. The molecule has 0 unspecified atom stereocenters. The second-order valence-corrected chi connectivity index (χ2v) is 5.77. The molecule has 0 saturated heterocycles. The lowest BCUT2D eigenvalue weighted by Gasteiger charge is -2.17. The van der Waals surface area contributed by atoms with Crippen molar-refractivity contribution < 1.29 is 9.52 Å². The summed E-state index contributed by atoms with van der Waals surface area (Å²) in [6, 6.07) is 5.05. The predicted molar refractivity (Wildman–Crippen MR) is 79.6 cm³/mol. The lowest BCUT2D eigenvalue weighted by Crippen LogP contribution is -2.22. The topological polar surface area (TPSA) is 77.0 Å². The summed E-state index contributed by atoms with van der Waals surface area (Å²) in [5, 5.41) is 17.8. The lowest BCUT2D eigenvalue weighted by molar-refractivity contribution is 0.347. The monoisotopic (exact) mass is 284 g/mol. The third-order valence-electron chi connectivity index (χ3n) is 3.01. The van der Waals surface area contributed by atoms with Gasteiger partial charge in [0.25, 0.3) is 0 Å². The van der Waals surface area contributed by atoms with Crippen LogP contribution in [0, 0.1) is 0 Å². The quantitative estimate of drug-likeness (QED) is 0.782. The van der Waals surface area contributed by atoms with E-state index in [1.54, 1.807) is 35.0 Å². The van der Waals surface area contributed by atoms with E-state index in [0.717, 1.165) is 5.69 Å². The maximum atomic E-state index is 9.69. The third kappa shape index (κ3) is 2.65. The predicted octanol–water partition coefficient (Wildman–Crippen LogP) is 3.05. The molecule has 6 nitrogen and oxygen atoms in total. The minimum Gasteiger partial charge on any atom is -0.506 e. The molecule has 0 aliphatic heterocycles. The van der Waals surface area contributed by atoms with Crippen LogP contribution in [-0.2, 0) is 5.54 Å². The van der Waals surface area contributed by atoms with Gasteiger partial charge in [-0.15, -0.1) is 5.10 Å². The summed E-state index contributed by atoms with van der Waals surface area (Å²) in [6.45, 7) is 6.16. The Morgan fingerprint density at radius 3 is 2.71 bits per heavy atom. The maximum Gasteiger partial charge on any atom is 0.220 e. The largest absolute Gasteiger partial charge is 0.506 e. The molecule has 0 saturated carbocycles. The normalized spacial score (nSPS) is 12.5. The molecule has 0 radical (unpaired) electrons. The SMILES string of the molecule is CC(C)(C)n1cc(/C=C/c2nc3c(O)cccc3o2)nn1. The molecule has 0 bridgehead atoms. The second-order valence-electron chi connectivity index (χ2n) is 5.77. The first-order valence-corrected chi connectivity index (χ1v) is 6.63. The van der Waals surface area contributed by atoms with Crippen molar-refractivity contribution in [2.24, 2.45) is 0 Å². The fraction of sp³-hybridized carbons (Fsp3) is 0.267. The molecule has 6 heteroatoms. The van der Waals surface area contributed by atoms with Gasteiger partial charge in [-0.3, -0.25) is 0 Å². The first-order valence-electron chi connectivity index (χ1n) is 6.63. The molecule has 0 atom stereocenters. The summed E-state index contributed by atoms with van der Waals surface area (Å²) >= 11 is 0. The van der Waals surface area contributed by atoms with E-state index < -0.39 is 0 Å². The van der Waals surface area contributed by atoms with Gasteiger partial charge in [0.15, 0.2) is 11.1 Å². The van der Waals surface area contributed by atoms with Crippen LogP contribution in [0.25, 0.3) is 23.3 Å². The van der Waals surface area contributed by atoms with Crippen molar-refractivity contribution in [2.45, 2.75) is 26.3 Å². The number of para-hydroxylation sites is 1. The molecule has 0 aliphatic rings. The van der Waals surface area contributed by atoms with Crippen molar-refractivity contribution in [3.8, 4) is 5.75 Å². The number of benzene rings is 1. The van der Waals surface area contributed by atoms with E-state index in [1.807, 2.05) is 6.20 Å². The molecule has 21 heavy (non-hydrogen) atoms. The number of hydrogen-bond acceptors (Lipinski definition) is 5. The summed E-state index contributed by atoms with van der Waals surface area (Å²) in [4.78, 5) is 4.22. The van der Waals surface area contributed by atoms with Gasteiger partial charge < -0.3 is 9.52 Å². The standard InChI is InChI=1S/C15H16N4O2/c1-15(2,3)19-9-10(17-18-19)7-8-13-16-14-11(20)5-4-6-12(14)21-13/h4-9,20H,1-3H3/b8-7+. The van der Waals surface area contributed by atoms with Gasteiger partial charge in [0, 0.05) is 6.08 Å². The Labute approximate surface area is 121 Å². The fourth-order valence-electron chi connectivity index (χ4n) is 1.86. The molecule has 0 amide bonds. The first kappa shape index (κ1) is 13.4. The van der Waals surface area contributed by atoms with Crippen molar-refractivity contribution in [1.29, 1.82) is 0 Å². The smallest absolute Gasteiger partial charge is 0.220 e. The minimum absolute atomic E-state index is 0.106. The van der Waals surface area contributed by atoms with Gasteiger partial charge >= 0.3 is 0 Å². The van der Waals surface area contributed by atoms with Crippen LogP contribution in [-0.4, -0.2) is 25.1 Å². The average Bonchev–Trinajstić information content (AvgIpc) is 3.02. The van der Waals surface area contributed by atoms with Crippen LogP contribution in [0.1, 0.15) is 32.4 Å². The molecule has 1 N–H and O–H groups in total. The van der Waals surface area contributed by atoms with Gasteiger partial charge in [-0.2, -0.15) is 0 Å². The van der Waals surface area contributed by atoms with Crippen molar-refractivity contribution in [2.75, 3.05) is 0 Å². The summed E-state index contributed by atoms with van der Waals surface area (Å²) in [5.41, 5.74) is 1.61. The van der Waals surface area contributed by atoms with E-state index in [-0.39, 0.29) is 11.3 Å². The van der Waals surface area contributed by atoms with Crippen LogP contribution >= 0.6 is 0 Å². The number of phenols is 1. The Hall–Kier alpha value is -2.63. The fourth-order valence-corrected chi connectivity index (χ4v) is 1.86. The number of aromatic hydroxyl groups is 1. The molecule has 2 heterocycles. The molecule has 3 rings (SSSR count). The van der Waals surface area contributed by atoms with E-state index in [2.05, 4.69) is 36.1 Å². The van der Waals surface area contributed by atoms with Crippen LogP contribution in [0.3, 0.4) is 0 Å². The molecule has 1 aromatic carbocycles.